The van der Waals surface area contributed by atoms with Crippen molar-refractivity contribution in [3.63, 3.8) is 0 Å². The largest absolute Gasteiger partial charge is 0.389 e. The summed E-state index contributed by atoms with van der Waals surface area (Å²) in [5, 5.41) is 10.5. The summed E-state index contributed by atoms with van der Waals surface area (Å²) >= 11 is 0. The molecular weight excluding hydrogens is 176 g/mol. The number of carbonyl (C=O) groups excluding carboxylic acids is 1. The van der Waals surface area contributed by atoms with Gasteiger partial charge >= 0.3 is 0 Å². The van der Waals surface area contributed by atoms with Crippen LogP contribution >= 0.6 is 0 Å². The number of rotatable bonds is 1. The molecule has 0 aromatic heterocycles. The first-order valence-electron chi connectivity index (χ1n) is 5.78. The minimum Gasteiger partial charge on any atom is -0.389 e. The van der Waals surface area contributed by atoms with E-state index in [9.17, 15) is 9.90 Å². The van der Waals surface area contributed by atoms with E-state index >= 15 is 0 Å². The molecule has 0 amide bonds. The van der Waals surface area contributed by atoms with E-state index in [0.717, 1.165) is 38.5 Å². The summed E-state index contributed by atoms with van der Waals surface area (Å²) < 4.78 is 0. The first-order chi connectivity index (χ1) is 6.53. The van der Waals surface area contributed by atoms with E-state index in [1.807, 2.05) is 6.92 Å². The van der Waals surface area contributed by atoms with Crippen LogP contribution in [0.15, 0.2) is 0 Å². The van der Waals surface area contributed by atoms with E-state index < -0.39 is 5.60 Å². The van der Waals surface area contributed by atoms with Gasteiger partial charge in [-0.2, -0.15) is 0 Å². The van der Waals surface area contributed by atoms with Gasteiger partial charge in [0.25, 0.3) is 0 Å². The molecule has 2 nitrogen and oxygen atoms in total. The summed E-state index contributed by atoms with van der Waals surface area (Å²) in [7, 11) is 0. The molecule has 2 rings (SSSR count). The lowest BCUT2D eigenvalue weighted by molar-refractivity contribution is -0.138. The lowest BCUT2D eigenvalue weighted by Gasteiger charge is -2.44. The Morgan fingerprint density at radius 1 is 1.50 bits per heavy atom. The Morgan fingerprint density at radius 2 is 2.21 bits per heavy atom. The van der Waals surface area contributed by atoms with Crippen molar-refractivity contribution in [2.45, 2.75) is 58.0 Å². The van der Waals surface area contributed by atoms with Gasteiger partial charge in [-0.1, -0.05) is 13.8 Å². The van der Waals surface area contributed by atoms with Crippen molar-refractivity contribution >= 4 is 5.78 Å². The number of hydrogen-bond donors (Lipinski definition) is 1. The van der Waals surface area contributed by atoms with Crippen molar-refractivity contribution in [1.29, 1.82) is 0 Å². The normalized spacial score (nSPS) is 47.9. The lowest BCUT2D eigenvalue weighted by atomic mass is 9.62. The highest BCUT2D eigenvalue weighted by atomic mass is 16.3. The average Bonchev–Trinajstić information content (AvgIpc) is 2.42. The molecule has 2 fully saturated rings. The number of aliphatic hydroxyl groups is 1. The van der Waals surface area contributed by atoms with Crippen LogP contribution < -0.4 is 0 Å². The van der Waals surface area contributed by atoms with Gasteiger partial charge in [-0.15, -0.1) is 0 Å². The molecule has 0 heterocycles. The Balaban J connectivity index is 2.33. The van der Waals surface area contributed by atoms with Crippen LogP contribution in [0.2, 0.25) is 0 Å². The van der Waals surface area contributed by atoms with E-state index in [-0.39, 0.29) is 11.3 Å². The first-order valence-corrected chi connectivity index (χ1v) is 5.78. The highest BCUT2D eigenvalue weighted by Gasteiger charge is 2.58. The fourth-order valence-corrected chi connectivity index (χ4v) is 3.62. The second kappa shape index (κ2) is 3.06. The molecule has 0 aliphatic heterocycles. The summed E-state index contributed by atoms with van der Waals surface area (Å²) in [6, 6.07) is 0. The molecule has 0 radical (unpaired) electrons. The maximum atomic E-state index is 11.8. The number of ketones is 1. The molecule has 80 valence electrons. The molecule has 2 aliphatic rings. The van der Waals surface area contributed by atoms with Crippen molar-refractivity contribution in [3.05, 3.63) is 0 Å². The zero-order valence-corrected chi connectivity index (χ0v) is 9.18. The minimum atomic E-state index is -0.576. The molecule has 0 aromatic carbocycles. The van der Waals surface area contributed by atoms with Crippen LogP contribution in [0.25, 0.3) is 0 Å². The van der Waals surface area contributed by atoms with Crippen molar-refractivity contribution in [2.24, 2.45) is 11.3 Å². The lowest BCUT2D eigenvalue weighted by Crippen LogP contribution is -2.48. The predicted molar refractivity (Wildman–Crippen MR) is 54.9 cm³/mol. The van der Waals surface area contributed by atoms with Crippen LogP contribution in [-0.4, -0.2) is 16.5 Å². The van der Waals surface area contributed by atoms with E-state index in [0.29, 0.717) is 5.78 Å². The van der Waals surface area contributed by atoms with Crippen molar-refractivity contribution in [1.82, 2.24) is 0 Å². The molecule has 0 saturated heterocycles. The smallest absolute Gasteiger partial charge is 0.136 e. The van der Waals surface area contributed by atoms with Crippen LogP contribution in [0, 0.1) is 11.3 Å². The second-order valence-corrected chi connectivity index (χ2v) is 5.21. The number of Topliss-reactive ketones (excluding diaryl/α,β-unsaturated/α-hetero) is 1. The summed E-state index contributed by atoms with van der Waals surface area (Å²) in [5.41, 5.74) is -0.704. The summed E-state index contributed by atoms with van der Waals surface area (Å²) in [5.74, 6) is 0.532. The van der Waals surface area contributed by atoms with Crippen molar-refractivity contribution in [3.8, 4) is 0 Å². The molecular formula is C12H20O2. The topological polar surface area (TPSA) is 37.3 Å². The molecule has 14 heavy (non-hydrogen) atoms. The summed E-state index contributed by atoms with van der Waals surface area (Å²) in [4.78, 5) is 11.8. The highest BCUT2D eigenvalue weighted by Crippen LogP contribution is 2.57. The number of hydrogen-bond acceptors (Lipinski definition) is 2. The van der Waals surface area contributed by atoms with Crippen LogP contribution in [0.5, 0.6) is 0 Å². The predicted octanol–water partition coefficient (Wildman–Crippen LogP) is 2.30. The van der Waals surface area contributed by atoms with Gasteiger partial charge in [-0.05, 0) is 32.1 Å². The maximum Gasteiger partial charge on any atom is 0.136 e. The Hall–Kier alpha value is -0.370. The first kappa shape index (κ1) is 10.2. The van der Waals surface area contributed by atoms with Gasteiger partial charge in [0.15, 0.2) is 0 Å². The van der Waals surface area contributed by atoms with E-state index in [1.54, 1.807) is 0 Å². The van der Waals surface area contributed by atoms with Gasteiger partial charge < -0.3 is 5.11 Å². The van der Waals surface area contributed by atoms with Crippen LogP contribution in [0.4, 0.5) is 0 Å². The fourth-order valence-electron chi connectivity index (χ4n) is 3.62. The maximum absolute atomic E-state index is 11.8. The zero-order valence-electron chi connectivity index (χ0n) is 9.18. The Labute approximate surface area is 85.7 Å². The molecule has 3 atom stereocenters. The van der Waals surface area contributed by atoms with Gasteiger partial charge in [-0.25, -0.2) is 0 Å². The molecule has 2 aliphatic carbocycles. The van der Waals surface area contributed by atoms with E-state index in [2.05, 4.69) is 6.92 Å². The summed E-state index contributed by atoms with van der Waals surface area (Å²) in [6.45, 7) is 4.15. The molecule has 0 aromatic rings. The van der Waals surface area contributed by atoms with Gasteiger partial charge in [0.05, 0.1) is 5.60 Å². The summed E-state index contributed by atoms with van der Waals surface area (Å²) in [6.07, 6.45) is 5.23. The molecule has 2 saturated carbocycles. The van der Waals surface area contributed by atoms with Gasteiger partial charge in [0.2, 0.25) is 0 Å². The average molecular weight is 196 g/mol. The third kappa shape index (κ3) is 1.10. The standard InChI is InChI=1S/C12H20O2/c1-3-12(14)8-6-9-10(13)5-4-7-11(9,12)2/h9,14H,3-8H2,1-2H3/t9?,11-,12+/m0/s1. The Bertz CT molecular complexity index is 261. The van der Waals surface area contributed by atoms with Gasteiger partial charge in [0, 0.05) is 17.8 Å². The fraction of sp³-hybridized carbons (Fsp3) is 0.917. The SMILES string of the molecule is CC[C@@]1(O)CCC2C(=O)CCC[C@@]21C. The number of fused-ring (bicyclic) bond motifs is 1. The van der Waals surface area contributed by atoms with Crippen LogP contribution in [0.1, 0.15) is 52.4 Å². The Morgan fingerprint density at radius 3 is 2.86 bits per heavy atom. The van der Waals surface area contributed by atoms with E-state index in [1.165, 1.54) is 0 Å². The quantitative estimate of drug-likeness (QED) is 0.698. The third-order valence-electron chi connectivity index (χ3n) is 4.77. The molecule has 1 N–H and O–H groups in total. The van der Waals surface area contributed by atoms with Gasteiger partial charge in [-0.3, -0.25) is 4.79 Å². The molecule has 0 bridgehead atoms. The van der Waals surface area contributed by atoms with Crippen LogP contribution in [0.3, 0.4) is 0 Å². The number of carbonyl (C=O) groups is 1. The van der Waals surface area contributed by atoms with E-state index in [4.69, 9.17) is 0 Å². The molecule has 2 heteroatoms. The molecule has 0 spiro atoms. The third-order valence-corrected chi connectivity index (χ3v) is 4.77. The van der Waals surface area contributed by atoms with Crippen molar-refractivity contribution < 1.29 is 9.90 Å². The van der Waals surface area contributed by atoms with Crippen LogP contribution in [-0.2, 0) is 4.79 Å². The monoisotopic (exact) mass is 196 g/mol. The van der Waals surface area contributed by atoms with Gasteiger partial charge in [0.1, 0.15) is 5.78 Å². The highest BCUT2D eigenvalue weighted by molar-refractivity contribution is 5.83. The molecule has 1 unspecified atom stereocenters. The second-order valence-electron chi connectivity index (χ2n) is 5.21. The Kier molecular flexibility index (Phi) is 2.22. The zero-order chi connectivity index (χ0) is 10.4. The minimum absolute atomic E-state index is 0.128. The van der Waals surface area contributed by atoms with Crippen molar-refractivity contribution in [2.75, 3.05) is 0 Å².